The molecule has 0 fully saturated rings. The lowest BCUT2D eigenvalue weighted by Gasteiger charge is -2.10. The largest absolute Gasteiger partial charge is 0.497 e. The Hall–Kier alpha value is -2.23. The summed E-state index contributed by atoms with van der Waals surface area (Å²) in [7, 11) is 3.15. The van der Waals surface area contributed by atoms with Gasteiger partial charge in [0.1, 0.15) is 17.3 Å². The van der Waals surface area contributed by atoms with Crippen LogP contribution in [-0.4, -0.2) is 14.2 Å². The molecule has 94 valence electrons. The number of halogens is 1. The summed E-state index contributed by atoms with van der Waals surface area (Å²) in [5.74, 6) is 0.965. The summed E-state index contributed by atoms with van der Waals surface area (Å²) in [5.41, 5.74) is 7.76. The Balaban J connectivity index is 2.55. The molecular formula is C14H14FNO2. The van der Waals surface area contributed by atoms with E-state index in [2.05, 4.69) is 0 Å². The van der Waals surface area contributed by atoms with Crippen molar-refractivity contribution >= 4 is 5.69 Å². The highest BCUT2D eigenvalue weighted by Gasteiger charge is 2.07. The van der Waals surface area contributed by atoms with Gasteiger partial charge in [0.15, 0.2) is 0 Å². The lowest BCUT2D eigenvalue weighted by Crippen LogP contribution is -1.93. The van der Waals surface area contributed by atoms with Crippen LogP contribution in [0.5, 0.6) is 11.5 Å². The second kappa shape index (κ2) is 4.96. The predicted molar refractivity (Wildman–Crippen MR) is 69.4 cm³/mol. The van der Waals surface area contributed by atoms with Gasteiger partial charge in [0.05, 0.1) is 14.2 Å². The smallest absolute Gasteiger partial charge is 0.125 e. The molecule has 0 aliphatic heterocycles. The SMILES string of the molecule is COc1cc(OC)cc(-c2ccc(F)cc2N)c1. The van der Waals surface area contributed by atoms with E-state index in [4.69, 9.17) is 15.2 Å². The molecule has 18 heavy (non-hydrogen) atoms. The third kappa shape index (κ3) is 2.37. The minimum Gasteiger partial charge on any atom is -0.497 e. The van der Waals surface area contributed by atoms with E-state index in [1.54, 1.807) is 26.4 Å². The summed E-state index contributed by atoms with van der Waals surface area (Å²) in [5, 5.41) is 0. The average Bonchev–Trinajstić information content (AvgIpc) is 2.38. The van der Waals surface area contributed by atoms with Crippen molar-refractivity contribution in [1.82, 2.24) is 0 Å². The van der Waals surface area contributed by atoms with Gasteiger partial charge in [-0.15, -0.1) is 0 Å². The van der Waals surface area contributed by atoms with Crippen molar-refractivity contribution in [3.05, 3.63) is 42.2 Å². The number of hydrogen-bond donors (Lipinski definition) is 1. The molecule has 0 aliphatic rings. The number of rotatable bonds is 3. The van der Waals surface area contributed by atoms with E-state index in [9.17, 15) is 4.39 Å². The molecule has 0 saturated heterocycles. The normalized spacial score (nSPS) is 10.2. The lowest BCUT2D eigenvalue weighted by atomic mass is 10.0. The van der Waals surface area contributed by atoms with E-state index < -0.39 is 0 Å². The molecular weight excluding hydrogens is 233 g/mol. The molecule has 0 atom stereocenters. The van der Waals surface area contributed by atoms with E-state index in [1.165, 1.54) is 12.1 Å². The first-order valence-electron chi connectivity index (χ1n) is 5.42. The zero-order valence-corrected chi connectivity index (χ0v) is 10.2. The molecule has 0 radical (unpaired) electrons. The van der Waals surface area contributed by atoms with E-state index in [-0.39, 0.29) is 5.82 Å². The van der Waals surface area contributed by atoms with Gasteiger partial charge >= 0.3 is 0 Å². The van der Waals surface area contributed by atoms with Gasteiger partial charge in [-0.25, -0.2) is 4.39 Å². The first-order chi connectivity index (χ1) is 8.63. The van der Waals surface area contributed by atoms with Gasteiger partial charge in [0, 0.05) is 17.3 Å². The average molecular weight is 247 g/mol. The van der Waals surface area contributed by atoms with Crippen LogP contribution >= 0.6 is 0 Å². The van der Waals surface area contributed by atoms with Crippen molar-refractivity contribution in [3.8, 4) is 22.6 Å². The molecule has 3 nitrogen and oxygen atoms in total. The fraction of sp³-hybridized carbons (Fsp3) is 0.143. The standard InChI is InChI=1S/C14H14FNO2/c1-17-11-5-9(6-12(8-11)18-2)13-4-3-10(15)7-14(13)16/h3-8H,16H2,1-2H3. The third-order valence-electron chi connectivity index (χ3n) is 2.68. The van der Waals surface area contributed by atoms with Crippen molar-refractivity contribution in [2.45, 2.75) is 0 Å². The topological polar surface area (TPSA) is 44.5 Å². The molecule has 0 spiro atoms. The first kappa shape index (κ1) is 12.2. The van der Waals surface area contributed by atoms with Gasteiger partial charge in [0.2, 0.25) is 0 Å². The Bertz CT molecular complexity index is 547. The van der Waals surface area contributed by atoms with Crippen molar-refractivity contribution in [2.75, 3.05) is 20.0 Å². The molecule has 2 aromatic rings. The Kier molecular flexibility index (Phi) is 3.37. The van der Waals surface area contributed by atoms with Crippen molar-refractivity contribution in [1.29, 1.82) is 0 Å². The number of nitrogens with two attached hydrogens (primary N) is 1. The molecule has 0 unspecified atom stereocenters. The van der Waals surface area contributed by atoms with Crippen molar-refractivity contribution < 1.29 is 13.9 Å². The molecule has 2 rings (SSSR count). The molecule has 0 amide bonds. The lowest BCUT2D eigenvalue weighted by molar-refractivity contribution is 0.394. The molecule has 0 heterocycles. The van der Waals surface area contributed by atoms with Crippen LogP contribution in [0.4, 0.5) is 10.1 Å². The van der Waals surface area contributed by atoms with Crippen LogP contribution in [0.15, 0.2) is 36.4 Å². The maximum atomic E-state index is 13.0. The molecule has 0 bridgehead atoms. The highest BCUT2D eigenvalue weighted by atomic mass is 19.1. The minimum absolute atomic E-state index is 0.355. The molecule has 4 heteroatoms. The zero-order valence-electron chi connectivity index (χ0n) is 10.2. The van der Waals surface area contributed by atoms with Crippen LogP contribution in [-0.2, 0) is 0 Å². The number of anilines is 1. The fourth-order valence-electron chi connectivity index (χ4n) is 1.76. The van der Waals surface area contributed by atoms with Gasteiger partial charge in [-0.1, -0.05) is 0 Å². The van der Waals surface area contributed by atoms with Crippen LogP contribution in [0, 0.1) is 5.82 Å². The summed E-state index contributed by atoms with van der Waals surface area (Å²) in [6.07, 6.45) is 0. The fourth-order valence-corrected chi connectivity index (χ4v) is 1.76. The van der Waals surface area contributed by atoms with Gasteiger partial charge in [-0.3, -0.25) is 0 Å². The number of ether oxygens (including phenoxy) is 2. The zero-order chi connectivity index (χ0) is 13.1. The van der Waals surface area contributed by atoms with Crippen LogP contribution in [0.2, 0.25) is 0 Å². The number of methoxy groups -OCH3 is 2. The maximum Gasteiger partial charge on any atom is 0.125 e. The second-order valence-electron chi connectivity index (χ2n) is 3.83. The summed E-state index contributed by atoms with van der Waals surface area (Å²) < 4.78 is 23.4. The quantitative estimate of drug-likeness (QED) is 0.848. The highest BCUT2D eigenvalue weighted by molar-refractivity contribution is 5.78. The van der Waals surface area contributed by atoms with E-state index in [0.29, 0.717) is 17.2 Å². The van der Waals surface area contributed by atoms with E-state index >= 15 is 0 Å². The number of hydrogen-bond acceptors (Lipinski definition) is 3. The Morgan fingerprint density at radius 2 is 1.56 bits per heavy atom. The van der Waals surface area contributed by atoms with E-state index in [1.807, 2.05) is 12.1 Å². The van der Waals surface area contributed by atoms with Gasteiger partial charge in [0.25, 0.3) is 0 Å². The van der Waals surface area contributed by atoms with E-state index in [0.717, 1.165) is 11.1 Å². The Morgan fingerprint density at radius 1 is 0.944 bits per heavy atom. The second-order valence-corrected chi connectivity index (χ2v) is 3.83. The Labute approximate surface area is 105 Å². The van der Waals surface area contributed by atoms with Crippen LogP contribution in [0.25, 0.3) is 11.1 Å². The Morgan fingerprint density at radius 3 is 2.06 bits per heavy atom. The molecule has 0 aliphatic carbocycles. The molecule has 0 saturated carbocycles. The number of nitrogen functional groups attached to an aromatic ring is 1. The van der Waals surface area contributed by atoms with Crippen LogP contribution in [0.3, 0.4) is 0 Å². The molecule has 0 aromatic heterocycles. The highest BCUT2D eigenvalue weighted by Crippen LogP contribution is 2.33. The number of benzene rings is 2. The first-order valence-corrected chi connectivity index (χ1v) is 5.42. The summed E-state index contributed by atoms with van der Waals surface area (Å²) in [6.45, 7) is 0. The van der Waals surface area contributed by atoms with Crippen molar-refractivity contribution in [2.24, 2.45) is 0 Å². The maximum absolute atomic E-state index is 13.0. The minimum atomic E-state index is -0.355. The predicted octanol–water partition coefficient (Wildman–Crippen LogP) is 3.09. The summed E-state index contributed by atoms with van der Waals surface area (Å²) in [6, 6.07) is 9.72. The molecule has 2 aromatic carbocycles. The van der Waals surface area contributed by atoms with Crippen molar-refractivity contribution in [3.63, 3.8) is 0 Å². The van der Waals surface area contributed by atoms with Gasteiger partial charge < -0.3 is 15.2 Å². The summed E-state index contributed by atoms with van der Waals surface area (Å²) >= 11 is 0. The monoisotopic (exact) mass is 247 g/mol. The van der Waals surface area contributed by atoms with Gasteiger partial charge in [-0.2, -0.15) is 0 Å². The van der Waals surface area contributed by atoms with Crippen LogP contribution in [0.1, 0.15) is 0 Å². The van der Waals surface area contributed by atoms with Gasteiger partial charge in [-0.05, 0) is 35.9 Å². The third-order valence-corrected chi connectivity index (χ3v) is 2.68. The van der Waals surface area contributed by atoms with Crippen LogP contribution < -0.4 is 15.2 Å². The summed E-state index contributed by atoms with van der Waals surface area (Å²) in [4.78, 5) is 0. The molecule has 2 N–H and O–H groups in total.